The number of H-pyrrole nitrogens is 1. The fraction of sp³-hybridized carbons (Fsp3) is 0.600. The highest BCUT2D eigenvalue weighted by atomic mass is 16.6. The summed E-state index contributed by atoms with van der Waals surface area (Å²) in [6.45, 7) is 0. The van der Waals surface area contributed by atoms with Crippen LogP contribution in [0.3, 0.4) is 0 Å². The third-order valence-electron chi connectivity index (χ3n) is 2.34. The number of carbonyl (C=O) groups excluding carboxylic acids is 1. The molecule has 0 aliphatic carbocycles. The van der Waals surface area contributed by atoms with Gasteiger partial charge < -0.3 is 14.9 Å². The minimum atomic E-state index is -0.555. The molecule has 1 rings (SSSR count). The largest absolute Gasteiger partial charge is 0.469 e. The zero-order valence-electron chi connectivity index (χ0n) is 9.64. The number of esters is 1. The van der Waals surface area contributed by atoms with Gasteiger partial charge in [0.05, 0.1) is 7.11 Å². The number of nitrogens with zero attached hydrogens (tertiary/aromatic N) is 2. The maximum absolute atomic E-state index is 10.8. The standard InChI is InChI=1S/C10H15N3O4/c1-17-9(14)6-4-2-3-5-8-7-11-10(12-8)13(15)16/h7H,2-6H2,1H3,(H,11,12). The monoisotopic (exact) mass is 241 g/mol. The molecule has 0 saturated carbocycles. The first-order valence-corrected chi connectivity index (χ1v) is 5.38. The van der Waals surface area contributed by atoms with Crippen molar-refractivity contribution in [3.8, 4) is 0 Å². The molecule has 0 aromatic carbocycles. The highest BCUT2D eigenvalue weighted by Crippen LogP contribution is 2.09. The number of unbranched alkanes of at least 4 members (excludes halogenated alkanes) is 2. The molecule has 7 heteroatoms. The maximum Gasteiger partial charge on any atom is 0.432 e. The van der Waals surface area contributed by atoms with E-state index < -0.39 is 4.92 Å². The summed E-state index contributed by atoms with van der Waals surface area (Å²) in [7, 11) is 1.37. The van der Waals surface area contributed by atoms with Crippen molar-refractivity contribution in [2.45, 2.75) is 32.1 Å². The number of aromatic amines is 1. The third kappa shape index (κ3) is 4.62. The summed E-state index contributed by atoms with van der Waals surface area (Å²) in [5.74, 6) is -0.434. The summed E-state index contributed by atoms with van der Waals surface area (Å²) in [5.41, 5.74) is 0.745. The first kappa shape index (κ1) is 13.1. The van der Waals surface area contributed by atoms with Gasteiger partial charge in [0.2, 0.25) is 0 Å². The van der Waals surface area contributed by atoms with Crippen LogP contribution in [0.2, 0.25) is 0 Å². The molecule has 0 unspecified atom stereocenters. The zero-order valence-corrected chi connectivity index (χ0v) is 9.64. The minimum Gasteiger partial charge on any atom is -0.469 e. The Kier molecular flexibility index (Phi) is 5.12. The van der Waals surface area contributed by atoms with Crippen molar-refractivity contribution in [3.63, 3.8) is 0 Å². The van der Waals surface area contributed by atoms with Crippen molar-refractivity contribution in [1.82, 2.24) is 9.97 Å². The Morgan fingerprint density at radius 2 is 2.29 bits per heavy atom. The molecule has 0 fully saturated rings. The second kappa shape index (κ2) is 6.62. The number of hydrogen-bond acceptors (Lipinski definition) is 5. The van der Waals surface area contributed by atoms with E-state index in [-0.39, 0.29) is 11.9 Å². The van der Waals surface area contributed by atoms with Crippen molar-refractivity contribution in [1.29, 1.82) is 0 Å². The second-order valence-corrected chi connectivity index (χ2v) is 3.63. The summed E-state index contributed by atoms with van der Waals surface area (Å²) in [6, 6.07) is 0. The first-order chi connectivity index (χ1) is 8.13. The summed E-state index contributed by atoms with van der Waals surface area (Å²) in [5, 5.41) is 10.4. The van der Waals surface area contributed by atoms with Crippen LogP contribution in [0, 0.1) is 10.1 Å². The van der Waals surface area contributed by atoms with Gasteiger partial charge in [-0.3, -0.25) is 4.79 Å². The Bertz CT molecular complexity index is 389. The van der Waals surface area contributed by atoms with E-state index >= 15 is 0 Å². The molecule has 0 aliphatic heterocycles. The highest BCUT2D eigenvalue weighted by Gasteiger charge is 2.10. The molecule has 0 atom stereocenters. The van der Waals surface area contributed by atoms with Gasteiger partial charge >= 0.3 is 11.9 Å². The highest BCUT2D eigenvalue weighted by molar-refractivity contribution is 5.68. The molecule has 1 aromatic heterocycles. The average molecular weight is 241 g/mol. The van der Waals surface area contributed by atoms with E-state index in [2.05, 4.69) is 14.7 Å². The zero-order chi connectivity index (χ0) is 12.7. The number of aryl methyl sites for hydroxylation is 1. The topological polar surface area (TPSA) is 98.1 Å². The number of carbonyl (C=O) groups is 1. The smallest absolute Gasteiger partial charge is 0.432 e. The van der Waals surface area contributed by atoms with Crippen LogP contribution in [0.15, 0.2) is 6.20 Å². The summed E-state index contributed by atoms with van der Waals surface area (Å²) in [4.78, 5) is 26.9. The number of imidazole rings is 1. The van der Waals surface area contributed by atoms with Crippen molar-refractivity contribution >= 4 is 11.9 Å². The molecular weight excluding hydrogens is 226 g/mol. The van der Waals surface area contributed by atoms with Gasteiger partial charge in [-0.05, 0) is 17.8 Å². The predicted octanol–water partition coefficient (Wildman–Crippen LogP) is 1.59. The average Bonchev–Trinajstić information content (AvgIpc) is 2.77. The molecule has 17 heavy (non-hydrogen) atoms. The number of aromatic nitrogens is 2. The van der Waals surface area contributed by atoms with Crippen molar-refractivity contribution in [2.24, 2.45) is 0 Å². The van der Waals surface area contributed by atoms with Gasteiger partial charge in [0.25, 0.3) is 0 Å². The number of rotatable bonds is 7. The molecule has 0 saturated heterocycles. The van der Waals surface area contributed by atoms with Crippen LogP contribution in [-0.2, 0) is 16.0 Å². The summed E-state index contributed by atoms with van der Waals surface area (Å²) >= 11 is 0. The number of nitrogens with one attached hydrogen (secondary N) is 1. The molecule has 0 spiro atoms. The van der Waals surface area contributed by atoms with Gasteiger partial charge in [0.15, 0.2) is 0 Å². The first-order valence-electron chi connectivity index (χ1n) is 5.38. The van der Waals surface area contributed by atoms with E-state index in [0.717, 1.165) is 25.0 Å². The number of methoxy groups -OCH3 is 1. The van der Waals surface area contributed by atoms with Crippen LogP contribution in [0.1, 0.15) is 31.4 Å². The van der Waals surface area contributed by atoms with Crippen molar-refractivity contribution in [2.75, 3.05) is 7.11 Å². The lowest BCUT2D eigenvalue weighted by atomic mass is 10.1. The van der Waals surface area contributed by atoms with Crippen LogP contribution in [0.25, 0.3) is 0 Å². The predicted molar refractivity (Wildman–Crippen MR) is 59.4 cm³/mol. The summed E-state index contributed by atoms with van der Waals surface area (Å²) in [6.07, 6.45) is 5.08. The number of hydrogen-bond donors (Lipinski definition) is 1. The lowest BCUT2D eigenvalue weighted by molar-refractivity contribution is -0.393. The van der Waals surface area contributed by atoms with E-state index in [4.69, 9.17) is 0 Å². The van der Waals surface area contributed by atoms with Gasteiger partial charge in [0, 0.05) is 12.8 Å². The number of nitro groups is 1. The maximum atomic E-state index is 10.8. The Labute approximate surface area is 98.3 Å². The molecule has 7 nitrogen and oxygen atoms in total. The van der Waals surface area contributed by atoms with Crippen molar-refractivity contribution in [3.05, 3.63) is 22.0 Å². The molecule has 94 valence electrons. The van der Waals surface area contributed by atoms with E-state index in [0.29, 0.717) is 12.8 Å². The fourth-order valence-corrected chi connectivity index (χ4v) is 1.43. The number of ether oxygens (including phenoxy) is 1. The van der Waals surface area contributed by atoms with E-state index in [1.807, 2.05) is 0 Å². The van der Waals surface area contributed by atoms with Gasteiger partial charge in [0.1, 0.15) is 11.9 Å². The van der Waals surface area contributed by atoms with Gasteiger partial charge in [-0.25, -0.2) is 4.98 Å². The second-order valence-electron chi connectivity index (χ2n) is 3.63. The van der Waals surface area contributed by atoms with Crippen LogP contribution in [0.5, 0.6) is 0 Å². The molecule has 0 radical (unpaired) electrons. The van der Waals surface area contributed by atoms with Crippen molar-refractivity contribution < 1.29 is 14.5 Å². The lowest BCUT2D eigenvalue weighted by Crippen LogP contribution is -1.99. The van der Waals surface area contributed by atoms with E-state index in [1.165, 1.54) is 13.3 Å². The van der Waals surface area contributed by atoms with E-state index in [1.54, 1.807) is 0 Å². The van der Waals surface area contributed by atoms with Crippen LogP contribution in [-0.4, -0.2) is 28.0 Å². The Hall–Kier alpha value is -1.92. The molecule has 0 amide bonds. The SMILES string of the molecule is COC(=O)CCCCCc1cnc([N+](=O)[O-])[nH]1. The lowest BCUT2D eigenvalue weighted by Gasteiger charge is -1.98. The van der Waals surface area contributed by atoms with Gasteiger partial charge in [-0.1, -0.05) is 11.4 Å². The van der Waals surface area contributed by atoms with Crippen LogP contribution < -0.4 is 0 Å². The molecule has 1 N–H and O–H groups in total. The Morgan fingerprint density at radius 1 is 1.53 bits per heavy atom. The molecule has 1 heterocycles. The normalized spacial score (nSPS) is 10.2. The summed E-state index contributed by atoms with van der Waals surface area (Å²) < 4.78 is 4.51. The molecule has 1 aromatic rings. The third-order valence-corrected chi connectivity index (χ3v) is 2.34. The Morgan fingerprint density at radius 3 is 2.88 bits per heavy atom. The van der Waals surface area contributed by atoms with Gasteiger partial charge in [-0.15, -0.1) is 0 Å². The van der Waals surface area contributed by atoms with Crippen LogP contribution in [0.4, 0.5) is 5.95 Å². The molecule has 0 aliphatic rings. The van der Waals surface area contributed by atoms with E-state index in [9.17, 15) is 14.9 Å². The quantitative estimate of drug-likeness (QED) is 0.338. The van der Waals surface area contributed by atoms with Gasteiger partial charge in [-0.2, -0.15) is 0 Å². The molecular formula is C10H15N3O4. The fourth-order valence-electron chi connectivity index (χ4n) is 1.43. The van der Waals surface area contributed by atoms with Crippen LogP contribution >= 0.6 is 0 Å². The Balaban J connectivity index is 2.18. The minimum absolute atomic E-state index is 0.206. The molecule has 0 bridgehead atoms.